The number of aromatic amines is 1. The van der Waals surface area contributed by atoms with E-state index in [0.717, 1.165) is 23.5 Å². The smallest absolute Gasteiger partial charge is 0.325 e. The highest BCUT2D eigenvalue weighted by Crippen LogP contribution is 2.34. The van der Waals surface area contributed by atoms with Crippen LogP contribution in [0.1, 0.15) is 46.7 Å². The first-order valence-corrected chi connectivity index (χ1v) is 16.3. The van der Waals surface area contributed by atoms with Gasteiger partial charge in [0.05, 0.1) is 18.3 Å². The number of fused-ring (bicyclic) bond motifs is 2. The number of benzene rings is 1. The van der Waals surface area contributed by atoms with Gasteiger partial charge in [-0.25, -0.2) is 13.4 Å². The highest BCUT2D eigenvalue weighted by Gasteiger charge is 2.39. The third-order valence-corrected chi connectivity index (χ3v) is 11.0. The highest BCUT2D eigenvalue weighted by atomic mass is 35.5. The van der Waals surface area contributed by atoms with Gasteiger partial charge < -0.3 is 19.9 Å². The van der Waals surface area contributed by atoms with Crippen LogP contribution in [0.15, 0.2) is 29.3 Å². The number of rotatable bonds is 8. The summed E-state index contributed by atoms with van der Waals surface area (Å²) in [6, 6.07) is 5.91. The van der Waals surface area contributed by atoms with Crippen molar-refractivity contribution < 1.29 is 27.5 Å². The van der Waals surface area contributed by atoms with E-state index in [1.54, 1.807) is 25.1 Å². The lowest BCUT2D eigenvalue weighted by Gasteiger charge is -2.40. The zero-order valence-electron chi connectivity index (χ0n) is 23.6. The zero-order valence-corrected chi connectivity index (χ0v) is 25.9. The van der Waals surface area contributed by atoms with Crippen LogP contribution in [-0.4, -0.2) is 103 Å². The van der Waals surface area contributed by atoms with Gasteiger partial charge >= 0.3 is 5.97 Å². The lowest BCUT2D eigenvalue weighted by molar-refractivity contribution is -0.143. The van der Waals surface area contributed by atoms with Crippen LogP contribution >= 0.6 is 22.9 Å². The molecule has 2 amide bonds. The number of H-pyrrole nitrogens is 1. The quantitative estimate of drug-likeness (QED) is 0.359. The number of amides is 2. The Labute approximate surface area is 253 Å². The molecule has 0 radical (unpaired) electrons. The second-order valence-corrected chi connectivity index (χ2v) is 13.8. The highest BCUT2D eigenvalue weighted by molar-refractivity contribution is 7.89. The molecule has 2 aromatic heterocycles. The minimum atomic E-state index is -4.00. The summed E-state index contributed by atoms with van der Waals surface area (Å²) in [4.78, 5) is 50.8. The predicted octanol–water partition coefficient (Wildman–Crippen LogP) is 2.41. The van der Waals surface area contributed by atoms with Crippen molar-refractivity contribution in [2.24, 2.45) is 0 Å². The third kappa shape index (κ3) is 6.18. The molecule has 226 valence electrons. The topological polar surface area (TPSA) is 145 Å². The number of carbonyl (C=O) groups excluding carboxylic acids is 3. The molecule has 0 saturated carbocycles. The number of hydrogen-bond donors (Lipinski definition) is 2. The van der Waals surface area contributed by atoms with E-state index < -0.39 is 27.9 Å². The molecule has 0 bridgehead atoms. The van der Waals surface area contributed by atoms with Crippen molar-refractivity contribution in [2.45, 2.75) is 43.8 Å². The summed E-state index contributed by atoms with van der Waals surface area (Å²) >= 11 is 7.42. The van der Waals surface area contributed by atoms with Gasteiger partial charge in [-0.3, -0.25) is 19.3 Å². The van der Waals surface area contributed by atoms with Gasteiger partial charge in [0.1, 0.15) is 11.6 Å². The number of carbonyl (C=O) groups is 3. The number of nitrogens with one attached hydrogen (secondary N) is 2. The zero-order chi connectivity index (χ0) is 30.2. The van der Waals surface area contributed by atoms with Crippen molar-refractivity contribution in [3.63, 3.8) is 0 Å². The van der Waals surface area contributed by atoms with Crippen LogP contribution in [0.3, 0.4) is 0 Å². The predicted molar refractivity (Wildman–Crippen MR) is 158 cm³/mol. The van der Waals surface area contributed by atoms with Crippen molar-refractivity contribution in [2.75, 3.05) is 46.4 Å². The number of ether oxygens (including phenoxy) is 1. The van der Waals surface area contributed by atoms with Crippen LogP contribution in [0.4, 0.5) is 0 Å². The summed E-state index contributed by atoms with van der Waals surface area (Å²) in [5, 5.41) is 3.97. The average molecular weight is 637 g/mol. The first-order chi connectivity index (χ1) is 20.0. The maximum atomic E-state index is 13.8. The number of sulfonamides is 1. The lowest BCUT2D eigenvalue weighted by atomic mass is 10.1. The van der Waals surface area contributed by atoms with Crippen molar-refractivity contribution in [1.82, 2.24) is 29.4 Å². The molecule has 42 heavy (non-hydrogen) atoms. The van der Waals surface area contributed by atoms with E-state index in [0.29, 0.717) is 20.9 Å². The SMILES string of the molecule is CCOC(=O)CNC(=O)CC1CN(S(=O)(=O)c2cc3cc(Cl)ccc3[nH]2)CCN1C(=O)c1nc2c(s1)C(C)N(C)CC2. The van der Waals surface area contributed by atoms with Crippen LogP contribution in [-0.2, 0) is 30.8 Å². The monoisotopic (exact) mass is 636 g/mol. The number of aromatic nitrogens is 2. The van der Waals surface area contributed by atoms with E-state index in [4.69, 9.17) is 16.3 Å². The molecular weight excluding hydrogens is 604 g/mol. The van der Waals surface area contributed by atoms with Gasteiger partial charge in [-0.05, 0) is 45.2 Å². The Hall–Kier alpha value is -3.04. The van der Waals surface area contributed by atoms with Gasteiger partial charge in [0.2, 0.25) is 5.91 Å². The van der Waals surface area contributed by atoms with E-state index in [2.05, 4.69) is 27.1 Å². The van der Waals surface area contributed by atoms with E-state index in [1.807, 2.05) is 7.05 Å². The Bertz CT molecular complexity index is 1620. The fourth-order valence-corrected chi connectivity index (χ4v) is 8.12. The van der Waals surface area contributed by atoms with Crippen molar-refractivity contribution in [3.05, 3.63) is 44.9 Å². The number of thiazole rings is 1. The molecule has 0 spiro atoms. The second kappa shape index (κ2) is 12.3. The second-order valence-electron chi connectivity index (χ2n) is 10.4. The molecule has 12 nitrogen and oxygen atoms in total. The minimum absolute atomic E-state index is 0.00392. The summed E-state index contributed by atoms with van der Waals surface area (Å²) in [5.74, 6) is -1.43. The first-order valence-electron chi connectivity index (χ1n) is 13.7. The van der Waals surface area contributed by atoms with E-state index in [1.165, 1.54) is 26.6 Å². The number of halogens is 1. The van der Waals surface area contributed by atoms with Gasteiger partial charge in [0.15, 0.2) is 5.01 Å². The van der Waals surface area contributed by atoms with Crippen LogP contribution < -0.4 is 5.32 Å². The van der Waals surface area contributed by atoms with Crippen LogP contribution in [0.5, 0.6) is 0 Å². The maximum absolute atomic E-state index is 13.8. The van der Waals surface area contributed by atoms with Crippen molar-refractivity contribution in [1.29, 1.82) is 0 Å². The minimum Gasteiger partial charge on any atom is -0.465 e. The first kappa shape index (κ1) is 30.4. The van der Waals surface area contributed by atoms with Crippen LogP contribution in [0.25, 0.3) is 10.9 Å². The Morgan fingerprint density at radius 3 is 2.76 bits per heavy atom. The summed E-state index contributed by atoms with van der Waals surface area (Å²) in [6.45, 7) is 4.43. The molecule has 1 aromatic carbocycles. The summed E-state index contributed by atoms with van der Waals surface area (Å²) in [5.41, 5.74) is 1.52. The molecule has 2 aliphatic rings. The molecule has 3 aromatic rings. The normalized spacial score (nSPS) is 20.0. The molecule has 2 aliphatic heterocycles. The van der Waals surface area contributed by atoms with Gasteiger partial charge in [0, 0.05) is 65.9 Å². The lowest BCUT2D eigenvalue weighted by Crippen LogP contribution is -2.57. The maximum Gasteiger partial charge on any atom is 0.325 e. The van der Waals surface area contributed by atoms with Gasteiger partial charge in [-0.1, -0.05) is 11.6 Å². The number of nitrogens with zero attached hydrogens (tertiary/aromatic N) is 4. The molecule has 5 rings (SSSR count). The molecule has 2 N–H and O–H groups in total. The van der Waals surface area contributed by atoms with Gasteiger partial charge in [-0.2, -0.15) is 4.31 Å². The van der Waals surface area contributed by atoms with Crippen molar-refractivity contribution >= 4 is 61.6 Å². The fourth-order valence-electron chi connectivity index (χ4n) is 5.27. The average Bonchev–Trinajstić information content (AvgIpc) is 3.59. The van der Waals surface area contributed by atoms with E-state index in [-0.39, 0.29) is 56.2 Å². The summed E-state index contributed by atoms with van der Waals surface area (Å²) in [6.07, 6.45) is 0.533. The molecular formula is C27H33ClN6O6S2. The molecule has 15 heteroatoms. The molecule has 1 fully saturated rings. The van der Waals surface area contributed by atoms with E-state index in [9.17, 15) is 22.8 Å². The Balaban J connectivity index is 1.39. The summed E-state index contributed by atoms with van der Waals surface area (Å²) in [7, 11) is -1.97. The largest absolute Gasteiger partial charge is 0.465 e. The van der Waals surface area contributed by atoms with E-state index >= 15 is 0 Å². The third-order valence-electron chi connectivity index (χ3n) is 7.69. The number of esters is 1. The molecule has 4 heterocycles. The van der Waals surface area contributed by atoms with Crippen molar-refractivity contribution in [3.8, 4) is 0 Å². The Morgan fingerprint density at radius 1 is 1.21 bits per heavy atom. The Morgan fingerprint density at radius 2 is 2.00 bits per heavy atom. The van der Waals surface area contributed by atoms with Gasteiger partial charge in [-0.15, -0.1) is 11.3 Å². The van der Waals surface area contributed by atoms with Gasteiger partial charge in [0.25, 0.3) is 15.9 Å². The summed E-state index contributed by atoms with van der Waals surface area (Å²) < 4.78 is 33.5. The number of likely N-dealkylation sites (N-methyl/N-ethyl adjacent to an activating group) is 1. The van der Waals surface area contributed by atoms with Crippen LogP contribution in [0.2, 0.25) is 5.02 Å². The fraction of sp³-hybridized carbons (Fsp3) is 0.481. The standard InChI is InChI=1S/C27H33ClN6O6S2/c1-4-40-24(36)14-29-22(35)13-19-15-33(42(38,39)23-12-17-11-18(28)5-6-20(17)30-23)9-10-34(19)27(37)26-31-21-7-8-32(3)16(2)25(21)41-26/h5-6,11-12,16,19,30H,4,7-10,13-15H2,1-3H3,(H,29,35). The molecule has 2 atom stereocenters. The number of hydrogen-bond acceptors (Lipinski definition) is 9. The molecule has 0 aliphatic carbocycles. The molecule has 1 saturated heterocycles. The van der Waals surface area contributed by atoms with Crippen LogP contribution in [0, 0.1) is 0 Å². The Kier molecular flexibility index (Phi) is 8.90. The number of piperazine rings is 1. The molecule has 2 unspecified atom stereocenters.